The first-order valence-corrected chi connectivity index (χ1v) is 8.07. The van der Waals surface area contributed by atoms with Crippen LogP contribution in [0.4, 0.5) is 0 Å². The van der Waals surface area contributed by atoms with Crippen molar-refractivity contribution in [1.29, 1.82) is 0 Å². The van der Waals surface area contributed by atoms with E-state index in [0.717, 1.165) is 25.8 Å². The summed E-state index contributed by atoms with van der Waals surface area (Å²) in [6.45, 7) is 1.01. The highest BCUT2D eigenvalue weighted by Crippen LogP contribution is 2.38. The fourth-order valence-electron chi connectivity index (χ4n) is 4.02. The summed E-state index contributed by atoms with van der Waals surface area (Å²) >= 11 is 0. The molecule has 4 heteroatoms. The minimum Gasteiger partial charge on any atom is -0.481 e. The molecular formula is C16H30N2O2. The van der Waals surface area contributed by atoms with Crippen molar-refractivity contribution >= 4 is 5.97 Å². The van der Waals surface area contributed by atoms with Gasteiger partial charge in [0, 0.05) is 18.1 Å². The van der Waals surface area contributed by atoms with Crippen LogP contribution in [0.2, 0.25) is 0 Å². The molecule has 2 rings (SSSR count). The molecular weight excluding hydrogens is 252 g/mol. The zero-order valence-electron chi connectivity index (χ0n) is 13.3. The molecule has 2 saturated carbocycles. The van der Waals surface area contributed by atoms with Gasteiger partial charge in [0.2, 0.25) is 0 Å². The molecule has 116 valence electrons. The molecule has 0 aliphatic heterocycles. The van der Waals surface area contributed by atoms with Crippen molar-refractivity contribution in [2.24, 2.45) is 5.92 Å². The quantitative estimate of drug-likeness (QED) is 0.787. The summed E-state index contributed by atoms with van der Waals surface area (Å²) in [5, 5.41) is 9.52. The van der Waals surface area contributed by atoms with Crippen molar-refractivity contribution in [2.75, 3.05) is 27.7 Å². The highest BCUT2D eigenvalue weighted by molar-refractivity contribution is 5.70. The van der Waals surface area contributed by atoms with Crippen LogP contribution in [-0.4, -0.2) is 60.1 Å². The summed E-state index contributed by atoms with van der Waals surface area (Å²) in [7, 11) is 6.46. The molecule has 2 aliphatic carbocycles. The van der Waals surface area contributed by atoms with Gasteiger partial charge in [-0.25, -0.2) is 0 Å². The van der Waals surface area contributed by atoms with Gasteiger partial charge >= 0.3 is 5.97 Å². The van der Waals surface area contributed by atoms with Crippen LogP contribution in [0.5, 0.6) is 0 Å². The first-order valence-electron chi connectivity index (χ1n) is 8.07. The number of carboxylic acid groups (broad SMARTS) is 1. The second-order valence-electron chi connectivity index (χ2n) is 7.04. The zero-order chi connectivity index (χ0) is 14.8. The molecule has 0 aromatic heterocycles. The fraction of sp³-hybridized carbons (Fsp3) is 0.938. The molecule has 0 amide bonds. The third-order valence-corrected chi connectivity index (χ3v) is 5.64. The van der Waals surface area contributed by atoms with Crippen molar-refractivity contribution < 1.29 is 9.90 Å². The summed E-state index contributed by atoms with van der Waals surface area (Å²) in [5.41, 5.74) is 0.282. The monoisotopic (exact) mass is 282 g/mol. The van der Waals surface area contributed by atoms with E-state index in [2.05, 4.69) is 30.9 Å². The number of rotatable bonds is 5. The SMILES string of the molecule is CN(CC1(N(C)C)CCC1)C1CCCCCC1C(=O)O. The highest BCUT2D eigenvalue weighted by atomic mass is 16.4. The van der Waals surface area contributed by atoms with Gasteiger partial charge < -0.3 is 14.9 Å². The van der Waals surface area contributed by atoms with E-state index in [0.29, 0.717) is 0 Å². The average molecular weight is 282 g/mol. The van der Waals surface area contributed by atoms with Crippen LogP contribution in [0.25, 0.3) is 0 Å². The molecule has 4 nitrogen and oxygen atoms in total. The normalized spacial score (nSPS) is 30.1. The van der Waals surface area contributed by atoms with Crippen molar-refractivity contribution in [2.45, 2.75) is 62.9 Å². The molecule has 0 bridgehead atoms. The van der Waals surface area contributed by atoms with Crippen LogP contribution < -0.4 is 0 Å². The maximum Gasteiger partial charge on any atom is 0.308 e. The maximum atomic E-state index is 11.6. The van der Waals surface area contributed by atoms with E-state index in [1.54, 1.807) is 0 Å². The molecule has 2 unspecified atom stereocenters. The van der Waals surface area contributed by atoms with E-state index in [1.807, 2.05) is 0 Å². The van der Waals surface area contributed by atoms with Crippen LogP contribution in [0.1, 0.15) is 51.4 Å². The topological polar surface area (TPSA) is 43.8 Å². The summed E-state index contributed by atoms with van der Waals surface area (Å²) in [4.78, 5) is 16.3. The number of nitrogens with zero attached hydrogens (tertiary/aromatic N) is 2. The Morgan fingerprint density at radius 1 is 1.10 bits per heavy atom. The van der Waals surface area contributed by atoms with Crippen molar-refractivity contribution in [3.05, 3.63) is 0 Å². The van der Waals surface area contributed by atoms with Crippen molar-refractivity contribution in [1.82, 2.24) is 9.80 Å². The Balaban J connectivity index is 2.05. The number of aliphatic carboxylic acids is 1. The van der Waals surface area contributed by atoms with Crippen molar-refractivity contribution in [3.63, 3.8) is 0 Å². The predicted octanol–water partition coefficient (Wildman–Crippen LogP) is 2.44. The number of carboxylic acids is 1. The van der Waals surface area contributed by atoms with Crippen LogP contribution >= 0.6 is 0 Å². The molecule has 0 radical (unpaired) electrons. The minimum atomic E-state index is -0.601. The number of hydrogen-bond donors (Lipinski definition) is 1. The lowest BCUT2D eigenvalue weighted by Gasteiger charge is -2.50. The van der Waals surface area contributed by atoms with Crippen LogP contribution in [-0.2, 0) is 4.79 Å². The summed E-state index contributed by atoms with van der Waals surface area (Å²) in [6, 6.07) is 0.215. The summed E-state index contributed by atoms with van der Waals surface area (Å²) in [6.07, 6.45) is 9.11. The standard InChI is InChI=1S/C16H30N2O2/c1-17(2)16(10-7-11-16)12-18(3)14-9-6-4-5-8-13(14)15(19)20/h13-14H,4-12H2,1-3H3,(H,19,20). The predicted molar refractivity (Wildman–Crippen MR) is 80.9 cm³/mol. The lowest BCUT2D eigenvalue weighted by Crippen LogP contribution is -2.59. The summed E-state index contributed by atoms with van der Waals surface area (Å²) < 4.78 is 0. The van der Waals surface area contributed by atoms with Gasteiger partial charge in [-0.2, -0.15) is 0 Å². The molecule has 2 aliphatic rings. The van der Waals surface area contributed by atoms with Gasteiger partial charge in [0.05, 0.1) is 5.92 Å². The Morgan fingerprint density at radius 2 is 1.75 bits per heavy atom. The molecule has 0 heterocycles. The Hall–Kier alpha value is -0.610. The van der Waals surface area contributed by atoms with Gasteiger partial charge in [-0.1, -0.05) is 19.3 Å². The van der Waals surface area contributed by atoms with Gasteiger partial charge in [0.1, 0.15) is 0 Å². The third-order valence-electron chi connectivity index (χ3n) is 5.64. The van der Waals surface area contributed by atoms with Crippen LogP contribution in [0.3, 0.4) is 0 Å². The lowest BCUT2D eigenvalue weighted by atomic mass is 9.75. The third kappa shape index (κ3) is 3.17. The highest BCUT2D eigenvalue weighted by Gasteiger charge is 2.42. The Bertz CT molecular complexity index is 339. The summed E-state index contributed by atoms with van der Waals surface area (Å²) in [5.74, 6) is -0.780. The number of carbonyl (C=O) groups is 1. The molecule has 0 aromatic rings. The van der Waals surface area contributed by atoms with E-state index < -0.39 is 5.97 Å². The van der Waals surface area contributed by atoms with E-state index in [1.165, 1.54) is 32.1 Å². The van der Waals surface area contributed by atoms with E-state index >= 15 is 0 Å². The molecule has 2 fully saturated rings. The largest absolute Gasteiger partial charge is 0.481 e. The first kappa shape index (κ1) is 15.8. The molecule has 1 N–H and O–H groups in total. The average Bonchev–Trinajstić information content (AvgIpc) is 2.58. The smallest absolute Gasteiger partial charge is 0.308 e. The Labute approximate surface area is 123 Å². The van der Waals surface area contributed by atoms with Crippen LogP contribution in [0.15, 0.2) is 0 Å². The Kier molecular flexibility index (Phi) is 5.08. The molecule has 20 heavy (non-hydrogen) atoms. The van der Waals surface area contributed by atoms with Gasteiger partial charge in [0.25, 0.3) is 0 Å². The Morgan fingerprint density at radius 3 is 2.25 bits per heavy atom. The lowest BCUT2D eigenvalue weighted by molar-refractivity contribution is -0.144. The van der Waals surface area contributed by atoms with Crippen LogP contribution in [0, 0.1) is 5.92 Å². The second-order valence-corrected chi connectivity index (χ2v) is 7.04. The zero-order valence-corrected chi connectivity index (χ0v) is 13.3. The molecule has 0 spiro atoms. The number of hydrogen-bond acceptors (Lipinski definition) is 3. The van der Waals surface area contributed by atoms with Gasteiger partial charge in [-0.05, 0) is 53.2 Å². The van der Waals surface area contributed by atoms with Gasteiger partial charge in [-0.3, -0.25) is 4.79 Å². The van der Waals surface area contributed by atoms with E-state index in [-0.39, 0.29) is 17.5 Å². The van der Waals surface area contributed by atoms with E-state index in [4.69, 9.17) is 0 Å². The van der Waals surface area contributed by atoms with E-state index in [9.17, 15) is 9.90 Å². The second kappa shape index (κ2) is 6.44. The minimum absolute atomic E-state index is 0.179. The number of likely N-dealkylation sites (N-methyl/N-ethyl adjacent to an activating group) is 2. The molecule has 2 atom stereocenters. The van der Waals surface area contributed by atoms with Gasteiger partial charge in [0.15, 0.2) is 0 Å². The molecule has 0 saturated heterocycles. The van der Waals surface area contributed by atoms with Gasteiger partial charge in [-0.15, -0.1) is 0 Å². The van der Waals surface area contributed by atoms with Crippen molar-refractivity contribution in [3.8, 4) is 0 Å². The molecule has 0 aromatic carbocycles. The first-order chi connectivity index (χ1) is 9.46. The fourth-order valence-corrected chi connectivity index (χ4v) is 4.02. The maximum absolute atomic E-state index is 11.6.